The quantitative estimate of drug-likeness (QED) is 0.846. The van der Waals surface area contributed by atoms with Crippen LogP contribution in [0.4, 0.5) is 5.69 Å². The summed E-state index contributed by atoms with van der Waals surface area (Å²) < 4.78 is 22.8. The highest BCUT2D eigenvalue weighted by Crippen LogP contribution is 2.19. The summed E-state index contributed by atoms with van der Waals surface area (Å²) in [5, 5.41) is 7.60. The van der Waals surface area contributed by atoms with Crippen LogP contribution in [0.1, 0.15) is 5.56 Å². The summed E-state index contributed by atoms with van der Waals surface area (Å²) in [5.74, 6) is -0.435. The monoisotopic (exact) mass is 302 g/mol. The van der Waals surface area contributed by atoms with Crippen molar-refractivity contribution in [3.8, 4) is 0 Å². The molecular weight excluding hydrogens is 288 g/mol. The maximum Gasteiger partial charge on any atom is 0.248 e. The second-order valence-corrected chi connectivity index (χ2v) is 5.80. The maximum absolute atomic E-state index is 11.8. The van der Waals surface area contributed by atoms with Crippen LogP contribution in [0.3, 0.4) is 0 Å². The first-order chi connectivity index (χ1) is 9.97. The lowest BCUT2D eigenvalue weighted by Crippen LogP contribution is -2.17. The minimum atomic E-state index is -3.89. The minimum absolute atomic E-state index is 0.119. The van der Waals surface area contributed by atoms with Crippen molar-refractivity contribution in [2.75, 3.05) is 5.32 Å². The maximum atomic E-state index is 11.8. The zero-order valence-electron chi connectivity index (χ0n) is 11.1. The first-order valence-corrected chi connectivity index (χ1v) is 7.67. The molecule has 108 valence electrons. The van der Waals surface area contributed by atoms with Gasteiger partial charge in [0.2, 0.25) is 15.9 Å². The Bertz CT molecular complexity index is 769. The van der Waals surface area contributed by atoms with Crippen molar-refractivity contribution in [2.24, 2.45) is 5.14 Å². The van der Waals surface area contributed by atoms with E-state index in [-0.39, 0.29) is 10.6 Å². The van der Waals surface area contributed by atoms with E-state index in [0.717, 1.165) is 5.56 Å². The van der Waals surface area contributed by atoms with Crippen molar-refractivity contribution in [1.82, 2.24) is 0 Å². The molecule has 2 rings (SSSR count). The van der Waals surface area contributed by atoms with E-state index in [1.165, 1.54) is 24.3 Å². The van der Waals surface area contributed by atoms with E-state index in [2.05, 4.69) is 5.32 Å². The summed E-state index contributed by atoms with van der Waals surface area (Å²) >= 11 is 0. The number of rotatable bonds is 4. The third-order valence-electron chi connectivity index (χ3n) is 2.68. The van der Waals surface area contributed by atoms with Crippen LogP contribution in [0, 0.1) is 0 Å². The van der Waals surface area contributed by atoms with Crippen molar-refractivity contribution in [1.29, 1.82) is 0 Å². The van der Waals surface area contributed by atoms with Crippen LogP contribution in [0.15, 0.2) is 65.6 Å². The normalized spacial score (nSPS) is 11.5. The molecular formula is C15H14N2O3S. The third-order valence-corrected chi connectivity index (χ3v) is 3.65. The van der Waals surface area contributed by atoms with E-state index >= 15 is 0 Å². The molecule has 0 bridgehead atoms. The third kappa shape index (κ3) is 4.27. The summed E-state index contributed by atoms with van der Waals surface area (Å²) in [6.07, 6.45) is 2.96. The molecule has 0 aliphatic rings. The molecule has 0 radical (unpaired) electrons. The molecule has 6 heteroatoms. The second kappa shape index (κ2) is 6.34. The number of hydrogen-bond acceptors (Lipinski definition) is 3. The van der Waals surface area contributed by atoms with Gasteiger partial charge in [-0.1, -0.05) is 42.5 Å². The molecule has 0 aliphatic heterocycles. The van der Waals surface area contributed by atoms with Crippen LogP contribution in [0.5, 0.6) is 0 Å². The largest absolute Gasteiger partial charge is 0.321 e. The van der Waals surface area contributed by atoms with Gasteiger partial charge >= 0.3 is 0 Å². The van der Waals surface area contributed by atoms with Crippen molar-refractivity contribution in [3.05, 3.63) is 66.2 Å². The van der Waals surface area contributed by atoms with Crippen LogP contribution in [-0.4, -0.2) is 14.3 Å². The number of carbonyl (C=O) groups excluding carboxylic acids is 1. The number of anilines is 1. The number of carbonyl (C=O) groups is 1. The first kappa shape index (κ1) is 15.0. The molecule has 0 unspecified atom stereocenters. The summed E-state index contributed by atoms with van der Waals surface area (Å²) in [5.41, 5.74) is 1.02. The Labute approximate surface area is 123 Å². The lowest BCUT2D eigenvalue weighted by atomic mass is 10.2. The van der Waals surface area contributed by atoms with Gasteiger partial charge in [0.05, 0.1) is 5.69 Å². The van der Waals surface area contributed by atoms with Crippen LogP contribution in [0.2, 0.25) is 0 Å². The van der Waals surface area contributed by atoms with Gasteiger partial charge < -0.3 is 5.32 Å². The zero-order valence-corrected chi connectivity index (χ0v) is 11.9. The Morgan fingerprint density at radius 2 is 1.62 bits per heavy atom. The average Bonchev–Trinajstić information content (AvgIpc) is 2.46. The summed E-state index contributed by atoms with van der Waals surface area (Å²) in [4.78, 5) is 11.7. The van der Waals surface area contributed by atoms with Crippen molar-refractivity contribution in [2.45, 2.75) is 4.90 Å². The van der Waals surface area contributed by atoms with E-state index in [4.69, 9.17) is 5.14 Å². The molecule has 0 fully saturated rings. The molecule has 21 heavy (non-hydrogen) atoms. The van der Waals surface area contributed by atoms with Gasteiger partial charge in [-0.3, -0.25) is 4.79 Å². The highest BCUT2D eigenvalue weighted by molar-refractivity contribution is 7.89. The van der Waals surface area contributed by atoms with E-state index in [1.54, 1.807) is 12.1 Å². The predicted octanol–water partition coefficient (Wildman–Crippen LogP) is 1.99. The van der Waals surface area contributed by atoms with Crippen molar-refractivity contribution in [3.63, 3.8) is 0 Å². The Kier molecular flexibility index (Phi) is 4.52. The number of benzene rings is 2. The van der Waals surface area contributed by atoms with Gasteiger partial charge in [0.25, 0.3) is 0 Å². The number of sulfonamides is 1. The summed E-state index contributed by atoms with van der Waals surface area (Å²) in [7, 11) is -3.89. The smallest absolute Gasteiger partial charge is 0.248 e. The Morgan fingerprint density at radius 3 is 2.29 bits per heavy atom. The molecule has 0 aliphatic carbocycles. The number of nitrogens with one attached hydrogen (secondary N) is 1. The van der Waals surface area contributed by atoms with Gasteiger partial charge in [0.15, 0.2) is 0 Å². The highest BCUT2D eigenvalue weighted by Gasteiger charge is 2.13. The van der Waals surface area contributed by atoms with E-state index in [1.807, 2.05) is 30.3 Å². The Morgan fingerprint density at radius 1 is 1.00 bits per heavy atom. The molecule has 2 aromatic rings. The number of para-hydroxylation sites is 1. The number of primary sulfonamides is 1. The molecule has 0 saturated heterocycles. The fraction of sp³-hybridized carbons (Fsp3) is 0. The molecule has 0 heterocycles. The van der Waals surface area contributed by atoms with Crippen LogP contribution >= 0.6 is 0 Å². The Balaban J connectivity index is 2.16. The molecule has 0 saturated carbocycles. The number of hydrogen-bond donors (Lipinski definition) is 2. The zero-order chi connectivity index (χ0) is 15.3. The lowest BCUT2D eigenvalue weighted by Gasteiger charge is -2.07. The fourth-order valence-corrected chi connectivity index (χ4v) is 2.42. The summed E-state index contributed by atoms with van der Waals surface area (Å²) in [6, 6.07) is 15.3. The SMILES string of the molecule is NS(=O)(=O)c1ccccc1NC(=O)/C=C/c1ccccc1. The molecule has 3 N–H and O–H groups in total. The van der Waals surface area contributed by atoms with Gasteiger partial charge in [-0.15, -0.1) is 0 Å². The lowest BCUT2D eigenvalue weighted by molar-refractivity contribution is -0.111. The van der Waals surface area contributed by atoms with Crippen LogP contribution in [-0.2, 0) is 14.8 Å². The summed E-state index contributed by atoms with van der Waals surface area (Å²) in [6.45, 7) is 0. The Hall–Kier alpha value is -2.44. The predicted molar refractivity (Wildman–Crippen MR) is 81.9 cm³/mol. The van der Waals surface area contributed by atoms with Gasteiger partial charge in [0.1, 0.15) is 4.90 Å². The number of amides is 1. The number of nitrogens with two attached hydrogens (primary N) is 1. The fourth-order valence-electron chi connectivity index (χ4n) is 1.73. The van der Waals surface area contributed by atoms with Gasteiger partial charge in [-0.05, 0) is 23.8 Å². The standard InChI is InChI=1S/C15H14N2O3S/c16-21(19,20)14-9-5-4-8-13(14)17-15(18)11-10-12-6-2-1-3-7-12/h1-11H,(H,17,18)(H2,16,19,20)/b11-10+. The molecule has 1 amide bonds. The van der Waals surface area contributed by atoms with Crippen molar-refractivity contribution >= 4 is 27.7 Å². The van der Waals surface area contributed by atoms with E-state index < -0.39 is 15.9 Å². The van der Waals surface area contributed by atoms with E-state index in [0.29, 0.717) is 0 Å². The van der Waals surface area contributed by atoms with Crippen LogP contribution < -0.4 is 10.5 Å². The minimum Gasteiger partial charge on any atom is -0.321 e. The highest BCUT2D eigenvalue weighted by atomic mass is 32.2. The molecule has 0 aromatic heterocycles. The molecule has 0 atom stereocenters. The molecule has 5 nitrogen and oxygen atoms in total. The molecule has 2 aromatic carbocycles. The van der Waals surface area contributed by atoms with Crippen molar-refractivity contribution < 1.29 is 13.2 Å². The average molecular weight is 302 g/mol. The second-order valence-electron chi connectivity index (χ2n) is 4.27. The van der Waals surface area contributed by atoms with Gasteiger partial charge in [-0.25, -0.2) is 13.6 Å². The topological polar surface area (TPSA) is 89.3 Å². The first-order valence-electron chi connectivity index (χ1n) is 6.13. The van der Waals surface area contributed by atoms with Gasteiger partial charge in [0, 0.05) is 6.08 Å². The van der Waals surface area contributed by atoms with E-state index in [9.17, 15) is 13.2 Å². The van der Waals surface area contributed by atoms with Crippen LogP contribution in [0.25, 0.3) is 6.08 Å². The van der Waals surface area contributed by atoms with Gasteiger partial charge in [-0.2, -0.15) is 0 Å². The molecule has 0 spiro atoms.